The van der Waals surface area contributed by atoms with Gasteiger partial charge in [-0.1, -0.05) is 37.1 Å². The summed E-state index contributed by atoms with van der Waals surface area (Å²) in [6.07, 6.45) is 3.03. The van der Waals surface area contributed by atoms with Gasteiger partial charge in [-0.3, -0.25) is 9.59 Å². The Bertz CT molecular complexity index is 615. The van der Waals surface area contributed by atoms with Gasteiger partial charge in [0.1, 0.15) is 6.04 Å². The first-order chi connectivity index (χ1) is 11.5. The summed E-state index contributed by atoms with van der Waals surface area (Å²) in [5.41, 5.74) is 1.70. The molecule has 25 heavy (non-hydrogen) atoms. The maximum atomic E-state index is 12.5. The number of halogens is 2. The summed E-state index contributed by atoms with van der Waals surface area (Å²) in [5.74, 6) is -0.448. The molecule has 1 aliphatic rings. The standard InChI is InChI=1S/C18H24ClN3O2.ClH/c1-12(2)16(18(24)21-11-13-7-9-20-10-8-13)22-17(23)14-3-5-15(19)6-4-14;/h3-7,12,16,20H,8-11H2,1-2H3,(H,21,24)(H,22,23);1H. The fourth-order valence-electron chi connectivity index (χ4n) is 2.50. The average molecular weight is 386 g/mol. The lowest BCUT2D eigenvalue weighted by Crippen LogP contribution is -2.50. The molecule has 1 heterocycles. The van der Waals surface area contributed by atoms with Gasteiger partial charge >= 0.3 is 0 Å². The third-order valence-corrected chi connectivity index (χ3v) is 4.24. The Morgan fingerprint density at radius 1 is 1.24 bits per heavy atom. The van der Waals surface area contributed by atoms with Crippen LogP contribution in [-0.4, -0.2) is 37.5 Å². The van der Waals surface area contributed by atoms with Crippen molar-refractivity contribution in [2.45, 2.75) is 26.3 Å². The van der Waals surface area contributed by atoms with Gasteiger partial charge in [0.15, 0.2) is 0 Å². The number of rotatable bonds is 6. The van der Waals surface area contributed by atoms with Gasteiger partial charge in [-0.2, -0.15) is 0 Å². The molecule has 1 aliphatic heterocycles. The van der Waals surface area contributed by atoms with E-state index >= 15 is 0 Å². The van der Waals surface area contributed by atoms with E-state index in [2.05, 4.69) is 22.0 Å². The number of nitrogens with one attached hydrogen (secondary N) is 3. The van der Waals surface area contributed by atoms with Crippen LogP contribution in [0.3, 0.4) is 0 Å². The van der Waals surface area contributed by atoms with Crippen LogP contribution in [0.1, 0.15) is 30.6 Å². The zero-order valence-corrected chi connectivity index (χ0v) is 16.0. The minimum atomic E-state index is -0.574. The van der Waals surface area contributed by atoms with Crippen molar-refractivity contribution in [3.05, 3.63) is 46.5 Å². The van der Waals surface area contributed by atoms with Crippen molar-refractivity contribution in [2.24, 2.45) is 5.92 Å². The van der Waals surface area contributed by atoms with Crippen LogP contribution in [0, 0.1) is 5.92 Å². The molecule has 2 amide bonds. The van der Waals surface area contributed by atoms with Crippen molar-refractivity contribution in [3.63, 3.8) is 0 Å². The summed E-state index contributed by atoms with van der Waals surface area (Å²) in [5, 5.41) is 9.55. The molecule has 0 radical (unpaired) electrons. The van der Waals surface area contributed by atoms with Crippen molar-refractivity contribution >= 4 is 35.8 Å². The molecule has 138 valence electrons. The summed E-state index contributed by atoms with van der Waals surface area (Å²) in [6.45, 7) is 6.13. The molecule has 7 heteroatoms. The topological polar surface area (TPSA) is 70.2 Å². The molecule has 1 aromatic carbocycles. The van der Waals surface area contributed by atoms with Crippen molar-refractivity contribution in [3.8, 4) is 0 Å². The number of hydrogen-bond donors (Lipinski definition) is 3. The minimum absolute atomic E-state index is 0. The molecule has 0 saturated carbocycles. The van der Waals surface area contributed by atoms with Crippen molar-refractivity contribution in [2.75, 3.05) is 19.6 Å². The van der Waals surface area contributed by atoms with Gasteiger partial charge in [0.25, 0.3) is 5.91 Å². The smallest absolute Gasteiger partial charge is 0.251 e. The third-order valence-electron chi connectivity index (χ3n) is 3.99. The van der Waals surface area contributed by atoms with E-state index in [0.717, 1.165) is 19.5 Å². The predicted octanol–water partition coefficient (Wildman–Crippen LogP) is 2.55. The van der Waals surface area contributed by atoms with Crippen LogP contribution in [0.5, 0.6) is 0 Å². The van der Waals surface area contributed by atoms with Crippen LogP contribution in [0.4, 0.5) is 0 Å². The van der Waals surface area contributed by atoms with Crippen LogP contribution in [0.15, 0.2) is 35.9 Å². The van der Waals surface area contributed by atoms with E-state index in [1.165, 1.54) is 5.57 Å². The molecule has 0 aromatic heterocycles. The molecule has 1 aromatic rings. The van der Waals surface area contributed by atoms with Gasteiger partial charge in [-0.05, 0) is 43.1 Å². The molecule has 5 nitrogen and oxygen atoms in total. The van der Waals surface area contributed by atoms with Crippen LogP contribution >= 0.6 is 24.0 Å². The Labute approximate surface area is 160 Å². The van der Waals surface area contributed by atoms with E-state index in [9.17, 15) is 9.59 Å². The predicted molar refractivity (Wildman–Crippen MR) is 103 cm³/mol. The highest BCUT2D eigenvalue weighted by Crippen LogP contribution is 2.11. The van der Waals surface area contributed by atoms with Crippen LogP contribution in [0.25, 0.3) is 0 Å². The van der Waals surface area contributed by atoms with Gasteiger partial charge < -0.3 is 16.0 Å². The normalized spacial score (nSPS) is 15.0. The Balaban J connectivity index is 0.00000312. The summed E-state index contributed by atoms with van der Waals surface area (Å²) < 4.78 is 0. The van der Waals surface area contributed by atoms with Gasteiger partial charge in [-0.15, -0.1) is 12.4 Å². The quantitative estimate of drug-likeness (QED) is 0.659. The Kier molecular flexibility index (Phi) is 8.97. The SMILES string of the molecule is CC(C)C(NC(=O)c1ccc(Cl)cc1)C(=O)NCC1=CCNCC1.Cl. The number of carbonyl (C=O) groups excluding carboxylic acids is 2. The molecule has 3 N–H and O–H groups in total. The van der Waals surface area contributed by atoms with Crippen molar-refractivity contribution in [1.82, 2.24) is 16.0 Å². The first-order valence-corrected chi connectivity index (χ1v) is 8.58. The lowest BCUT2D eigenvalue weighted by molar-refractivity contribution is -0.123. The first kappa shape index (κ1) is 21.5. The maximum absolute atomic E-state index is 12.5. The Morgan fingerprint density at radius 3 is 2.48 bits per heavy atom. The zero-order chi connectivity index (χ0) is 17.5. The molecule has 1 atom stereocenters. The molecule has 0 aliphatic carbocycles. The van der Waals surface area contributed by atoms with Gasteiger partial charge in [0.2, 0.25) is 5.91 Å². The summed E-state index contributed by atoms with van der Waals surface area (Å²) in [7, 11) is 0. The monoisotopic (exact) mass is 385 g/mol. The summed E-state index contributed by atoms with van der Waals surface area (Å²) in [4.78, 5) is 24.8. The number of hydrogen-bond acceptors (Lipinski definition) is 3. The number of carbonyl (C=O) groups is 2. The Hall–Kier alpha value is -1.56. The minimum Gasteiger partial charge on any atom is -0.351 e. The number of amides is 2. The van der Waals surface area contributed by atoms with E-state index in [0.29, 0.717) is 17.1 Å². The Morgan fingerprint density at radius 2 is 1.92 bits per heavy atom. The molecular weight excluding hydrogens is 361 g/mol. The summed E-state index contributed by atoms with van der Waals surface area (Å²) >= 11 is 5.83. The van der Waals surface area contributed by atoms with Crippen LogP contribution < -0.4 is 16.0 Å². The van der Waals surface area contributed by atoms with E-state index in [1.54, 1.807) is 24.3 Å². The lowest BCUT2D eigenvalue weighted by Gasteiger charge is -2.23. The van der Waals surface area contributed by atoms with Crippen molar-refractivity contribution in [1.29, 1.82) is 0 Å². The summed E-state index contributed by atoms with van der Waals surface area (Å²) in [6, 6.07) is 6.03. The molecular formula is C18H25Cl2N3O2. The largest absolute Gasteiger partial charge is 0.351 e. The molecule has 2 rings (SSSR count). The van der Waals surface area contributed by atoms with E-state index in [4.69, 9.17) is 11.6 Å². The molecule has 0 fully saturated rings. The maximum Gasteiger partial charge on any atom is 0.251 e. The van der Waals surface area contributed by atoms with Gasteiger partial charge in [0, 0.05) is 23.7 Å². The van der Waals surface area contributed by atoms with E-state index in [1.807, 2.05) is 13.8 Å². The molecule has 0 saturated heterocycles. The van der Waals surface area contributed by atoms with Gasteiger partial charge in [0.05, 0.1) is 0 Å². The van der Waals surface area contributed by atoms with Crippen LogP contribution in [-0.2, 0) is 4.79 Å². The number of benzene rings is 1. The first-order valence-electron chi connectivity index (χ1n) is 8.20. The highest BCUT2D eigenvalue weighted by atomic mass is 35.5. The highest BCUT2D eigenvalue weighted by molar-refractivity contribution is 6.30. The lowest BCUT2D eigenvalue weighted by atomic mass is 10.0. The third kappa shape index (κ3) is 6.69. The fourth-order valence-corrected chi connectivity index (χ4v) is 2.63. The second kappa shape index (κ2) is 10.4. The van der Waals surface area contributed by atoms with E-state index in [-0.39, 0.29) is 30.1 Å². The zero-order valence-electron chi connectivity index (χ0n) is 14.5. The molecule has 1 unspecified atom stereocenters. The van der Waals surface area contributed by atoms with Gasteiger partial charge in [-0.25, -0.2) is 0 Å². The molecule has 0 spiro atoms. The van der Waals surface area contributed by atoms with E-state index < -0.39 is 6.04 Å². The highest BCUT2D eigenvalue weighted by Gasteiger charge is 2.24. The van der Waals surface area contributed by atoms with Crippen molar-refractivity contribution < 1.29 is 9.59 Å². The average Bonchev–Trinajstić information content (AvgIpc) is 2.58. The second-order valence-electron chi connectivity index (χ2n) is 6.24. The second-order valence-corrected chi connectivity index (χ2v) is 6.67. The van der Waals surface area contributed by atoms with Crippen LogP contribution in [0.2, 0.25) is 5.02 Å². The molecule has 0 bridgehead atoms. The fraction of sp³-hybridized carbons (Fsp3) is 0.444.